The van der Waals surface area contributed by atoms with Crippen LogP contribution in [0.25, 0.3) is 0 Å². The third-order valence-electron chi connectivity index (χ3n) is 5.87. The Kier molecular flexibility index (Phi) is 5.92. The van der Waals surface area contributed by atoms with E-state index in [0.717, 1.165) is 35.6 Å². The highest BCUT2D eigenvalue weighted by atomic mass is 15.2. The van der Waals surface area contributed by atoms with Gasteiger partial charge in [-0.25, -0.2) is 0 Å². The van der Waals surface area contributed by atoms with E-state index >= 15 is 0 Å². The average molecular weight is 281 g/mol. The Labute approximate surface area is 126 Å². The van der Waals surface area contributed by atoms with Crippen molar-refractivity contribution < 1.29 is 0 Å². The molecule has 1 N–H and O–H groups in total. The zero-order valence-corrected chi connectivity index (χ0v) is 14.4. The van der Waals surface area contributed by atoms with Gasteiger partial charge in [-0.05, 0) is 55.4 Å². The molecule has 0 bridgehead atoms. The molecule has 0 amide bonds. The molecule has 1 aliphatic carbocycles. The highest BCUT2D eigenvalue weighted by molar-refractivity contribution is 4.91. The van der Waals surface area contributed by atoms with Crippen LogP contribution in [0.3, 0.4) is 0 Å². The van der Waals surface area contributed by atoms with Crippen LogP contribution >= 0.6 is 0 Å². The maximum absolute atomic E-state index is 3.85. The smallest absolute Gasteiger partial charge is 0.0113 e. The Morgan fingerprint density at radius 2 is 1.60 bits per heavy atom. The minimum Gasteiger partial charge on any atom is -0.314 e. The maximum Gasteiger partial charge on any atom is 0.0113 e. The number of rotatable bonds is 5. The summed E-state index contributed by atoms with van der Waals surface area (Å²) in [5.41, 5.74) is 0. The summed E-state index contributed by atoms with van der Waals surface area (Å²) in [6.45, 7) is 17.2. The van der Waals surface area contributed by atoms with Gasteiger partial charge in [0.15, 0.2) is 0 Å². The topological polar surface area (TPSA) is 15.3 Å². The Hall–Kier alpha value is -0.0800. The third-order valence-corrected chi connectivity index (χ3v) is 5.87. The van der Waals surface area contributed by atoms with Gasteiger partial charge in [0.25, 0.3) is 0 Å². The molecule has 2 aliphatic rings. The van der Waals surface area contributed by atoms with E-state index in [0.29, 0.717) is 0 Å². The van der Waals surface area contributed by atoms with E-state index in [1.165, 1.54) is 45.4 Å². The fraction of sp³-hybridized carbons (Fsp3) is 1.00. The van der Waals surface area contributed by atoms with Crippen molar-refractivity contribution in [2.24, 2.45) is 29.6 Å². The van der Waals surface area contributed by atoms with Crippen LogP contribution in [0.4, 0.5) is 0 Å². The number of nitrogens with one attached hydrogen (secondary N) is 1. The van der Waals surface area contributed by atoms with Crippen LogP contribution < -0.4 is 5.32 Å². The van der Waals surface area contributed by atoms with E-state index < -0.39 is 0 Å². The van der Waals surface area contributed by atoms with Crippen molar-refractivity contribution in [1.29, 1.82) is 0 Å². The summed E-state index contributed by atoms with van der Waals surface area (Å²) in [6, 6.07) is 0.750. The molecule has 2 heteroatoms. The normalized spacial score (nSPS) is 43.0. The van der Waals surface area contributed by atoms with Crippen LogP contribution in [0.2, 0.25) is 0 Å². The third kappa shape index (κ3) is 3.98. The molecule has 6 unspecified atom stereocenters. The molecule has 2 rings (SSSR count). The molecule has 0 spiro atoms. The van der Waals surface area contributed by atoms with Gasteiger partial charge in [-0.15, -0.1) is 0 Å². The van der Waals surface area contributed by atoms with Gasteiger partial charge in [0, 0.05) is 25.7 Å². The van der Waals surface area contributed by atoms with Gasteiger partial charge < -0.3 is 10.2 Å². The van der Waals surface area contributed by atoms with Crippen LogP contribution in [0.15, 0.2) is 0 Å². The first kappa shape index (κ1) is 16.3. The van der Waals surface area contributed by atoms with Gasteiger partial charge >= 0.3 is 0 Å². The van der Waals surface area contributed by atoms with Crippen molar-refractivity contribution >= 4 is 0 Å². The fourth-order valence-electron chi connectivity index (χ4n) is 4.48. The Bertz CT molecular complexity index is 281. The van der Waals surface area contributed by atoms with E-state index in [9.17, 15) is 0 Å². The van der Waals surface area contributed by atoms with Crippen LogP contribution in [0, 0.1) is 29.6 Å². The molecule has 1 saturated carbocycles. The average Bonchev–Trinajstić information content (AvgIpc) is 2.69. The lowest BCUT2D eigenvalue weighted by Crippen LogP contribution is -2.49. The van der Waals surface area contributed by atoms with Crippen LogP contribution in [0.1, 0.15) is 53.9 Å². The molecule has 0 aromatic heterocycles. The lowest BCUT2D eigenvalue weighted by Gasteiger charge is -2.42. The van der Waals surface area contributed by atoms with E-state index in [1.807, 2.05) is 0 Å². The first-order valence-corrected chi connectivity index (χ1v) is 8.97. The van der Waals surface area contributed by atoms with E-state index in [1.54, 1.807) is 0 Å². The Morgan fingerprint density at radius 1 is 0.950 bits per heavy atom. The number of likely N-dealkylation sites (tertiary alicyclic amines) is 1. The second-order valence-corrected chi connectivity index (χ2v) is 7.95. The lowest BCUT2D eigenvalue weighted by molar-refractivity contribution is 0.109. The molecular weight excluding hydrogens is 244 g/mol. The van der Waals surface area contributed by atoms with Gasteiger partial charge in [0.2, 0.25) is 0 Å². The fourth-order valence-corrected chi connectivity index (χ4v) is 4.48. The van der Waals surface area contributed by atoms with E-state index in [4.69, 9.17) is 0 Å². The van der Waals surface area contributed by atoms with Gasteiger partial charge in [-0.2, -0.15) is 0 Å². The van der Waals surface area contributed by atoms with Gasteiger partial charge in [-0.1, -0.05) is 34.6 Å². The summed E-state index contributed by atoms with van der Waals surface area (Å²) in [5, 5.41) is 3.85. The molecule has 1 heterocycles. The molecule has 2 fully saturated rings. The largest absolute Gasteiger partial charge is 0.314 e. The summed E-state index contributed by atoms with van der Waals surface area (Å²) in [6.07, 6.45) is 4.06. The molecule has 20 heavy (non-hydrogen) atoms. The van der Waals surface area contributed by atoms with Crippen molar-refractivity contribution in [3.63, 3.8) is 0 Å². The predicted octanol–water partition coefficient (Wildman–Crippen LogP) is 3.62. The highest BCUT2D eigenvalue weighted by Crippen LogP contribution is 2.35. The summed E-state index contributed by atoms with van der Waals surface area (Å²) in [4.78, 5) is 2.74. The van der Waals surface area contributed by atoms with Crippen molar-refractivity contribution in [3.05, 3.63) is 0 Å². The van der Waals surface area contributed by atoms with E-state index in [-0.39, 0.29) is 0 Å². The Morgan fingerprint density at radius 3 is 2.20 bits per heavy atom. The standard InChI is InChI=1S/C18H36N2/c1-6-7-19-18-9-13(2)8-14(3)17(18)12-20-10-15(4)16(5)11-20/h13-19H,6-12H2,1-5H3. The summed E-state index contributed by atoms with van der Waals surface area (Å²) in [7, 11) is 0. The molecule has 0 aromatic rings. The van der Waals surface area contributed by atoms with Crippen LogP contribution in [-0.4, -0.2) is 37.1 Å². The minimum atomic E-state index is 0.750. The van der Waals surface area contributed by atoms with Crippen molar-refractivity contribution in [1.82, 2.24) is 10.2 Å². The van der Waals surface area contributed by atoms with Gasteiger partial charge in [-0.3, -0.25) is 0 Å². The van der Waals surface area contributed by atoms with Crippen molar-refractivity contribution in [3.8, 4) is 0 Å². The monoisotopic (exact) mass is 280 g/mol. The molecule has 118 valence electrons. The molecule has 1 saturated heterocycles. The molecular formula is C18H36N2. The summed E-state index contributed by atoms with van der Waals surface area (Å²) >= 11 is 0. The predicted molar refractivity (Wildman–Crippen MR) is 87.9 cm³/mol. The number of hydrogen-bond acceptors (Lipinski definition) is 2. The second kappa shape index (κ2) is 7.26. The zero-order valence-electron chi connectivity index (χ0n) is 14.4. The SMILES string of the molecule is CCCNC1CC(C)CC(C)C1CN1CC(C)C(C)C1. The van der Waals surface area contributed by atoms with Gasteiger partial charge in [0.1, 0.15) is 0 Å². The van der Waals surface area contributed by atoms with Crippen molar-refractivity contribution in [2.75, 3.05) is 26.2 Å². The first-order chi connectivity index (χ1) is 9.51. The van der Waals surface area contributed by atoms with Crippen molar-refractivity contribution in [2.45, 2.75) is 59.9 Å². The number of hydrogen-bond donors (Lipinski definition) is 1. The highest BCUT2D eigenvalue weighted by Gasteiger charge is 2.36. The molecule has 0 aromatic carbocycles. The minimum absolute atomic E-state index is 0.750. The van der Waals surface area contributed by atoms with Gasteiger partial charge in [0.05, 0.1) is 0 Å². The lowest BCUT2D eigenvalue weighted by atomic mass is 9.72. The Balaban J connectivity index is 1.94. The van der Waals surface area contributed by atoms with E-state index in [2.05, 4.69) is 44.8 Å². The summed E-state index contributed by atoms with van der Waals surface area (Å²) in [5.74, 6) is 4.39. The second-order valence-electron chi connectivity index (χ2n) is 7.95. The zero-order chi connectivity index (χ0) is 14.7. The molecule has 6 atom stereocenters. The summed E-state index contributed by atoms with van der Waals surface area (Å²) < 4.78 is 0. The number of nitrogens with zero attached hydrogens (tertiary/aromatic N) is 1. The van der Waals surface area contributed by atoms with Crippen LogP contribution in [0.5, 0.6) is 0 Å². The van der Waals surface area contributed by atoms with Crippen LogP contribution in [-0.2, 0) is 0 Å². The maximum atomic E-state index is 3.85. The first-order valence-electron chi connectivity index (χ1n) is 8.97. The molecule has 0 radical (unpaired) electrons. The molecule has 2 nitrogen and oxygen atoms in total. The quantitative estimate of drug-likeness (QED) is 0.827. The molecule has 1 aliphatic heterocycles.